The second kappa shape index (κ2) is 8.01. The minimum absolute atomic E-state index is 0.126. The normalized spacial score (nSPS) is 10.7. The number of nitrogens with one attached hydrogen (secondary N) is 2. The number of aromatic hydroxyl groups is 1. The maximum Gasteiger partial charge on any atom is 0.251 e. The standard InChI is InChI=1S/C20H17N5O2S/c26-15-4-1-13(2-5-15)7-10-22-19(27)14-3-6-16-17(11-14)28-20(24-16)25-18-8-9-21-12-23-18/h1-6,8-9,11-12,26H,7,10H2,(H,22,27)(H,21,23,24,25). The molecule has 140 valence electrons. The van der Waals surface area contributed by atoms with Crippen LogP contribution in [0.25, 0.3) is 10.2 Å². The molecule has 0 radical (unpaired) electrons. The van der Waals surface area contributed by atoms with Gasteiger partial charge in [-0.1, -0.05) is 23.5 Å². The minimum Gasteiger partial charge on any atom is -0.508 e. The van der Waals surface area contributed by atoms with Crippen LogP contribution in [-0.4, -0.2) is 32.5 Å². The van der Waals surface area contributed by atoms with Gasteiger partial charge < -0.3 is 15.7 Å². The molecule has 4 aromatic rings. The first kappa shape index (κ1) is 17.9. The molecule has 0 fully saturated rings. The van der Waals surface area contributed by atoms with E-state index in [2.05, 4.69) is 25.6 Å². The van der Waals surface area contributed by atoms with Crippen molar-refractivity contribution in [2.75, 3.05) is 11.9 Å². The number of carbonyl (C=O) groups excluding carboxylic acids is 1. The van der Waals surface area contributed by atoms with Crippen LogP contribution >= 0.6 is 11.3 Å². The largest absolute Gasteiger partial charge is 0.508 e. The van der Waals surface area contributed by atoms with Gasteiger partial charge in [-0.15, -0.1) is 0 Å². The number of benzene rings is 2. The average molecular weight is 391 g/mol. The average Bonchev–Trinajstić information content (AvgIpc) is 3.11. The van der Waals surface area contributed by atoms with Gasteiger partial charge in [0.2, 0.25) is 0 Å². The molecule has 2 aromatic carbocycles. The quantitative estimate of drug-likeness (QED) is 0.465. The molecule has 7 nitrogen and oxygen atoms in total. The molecule has 1 amide bonds. The van der Waals surface area contributed by atoms with Crippen LogP contribution in [-0.2, 0) is 6.42 Å². The second-order valence-corrected chi connectivity index (χ2v) is 7.12. The molecule has 0 aliphatic carbocycles. The van der Waals surface area contributed by atoms with Gasteiger partial charge in [0, 0.05) is 18.3 Å². The maximum atomic E-state index is 12.4. The summed E-state index contributed by atoms with van der Waals surface area (Å²) in [7, 11) is 0. The number of nitrogens with zero attached hydrogens (tertiary/aromatic N) is 3. The first-order chi connectivity index (χ1) is 13.7. The van der Waals surface area contributed by atoms with Gasteiger partial charge >= 0.3 is 0 Å². The number of fused-ring (bicyclic) bond motifs is 1. The van der Waals surface area contributed by atoms with Gasteiger partial charge in [0.05, 0.1) is 10.2 Å². The highest BCUT2D eigenvalue weighted by Crippen LogP contribution is 2.28. The molecule has 0 bridgehead atoms. The van der Waals surface area contributed by atoms with E-state index < -0.39 is 0 Å². The summed E-state index contributed by atoms with van der Waals surface area (Å²) >= 11 is 1.46. The summed E-state index contributed by atoms with van der Waals surface area (Å²) in [6, 6.07) is 14.2. The van der Waals surface area contributed by atoms with Crippen LogP contribution in [0.5, 0.6) is 5.75 Å². The molecular formula is C20H17N5O2S. The Kier molecular flexibility index (Phi) is 5.11. The third-order valence-corrected chi connectivity index (χ3v) is 5.04. The lowest BCUT2D eigenvalue weighted by Gasteiger charge is -2.05. The molecule has 0 atom stereocenters. The highest BCUT2D eigenvalue weighted by molar-refractivity contribution is 7.22. The summed E-state index contributed by atoms with van der Waals surface area (Å²) in [6.07, 6.45) is 3.82. The highest BCUT2D eigenvalue weighted by atomic mass is 32.1. The fourth-order valence-electron chi connectivity index (χ4n) is 2.68. The number of amides is 1. The molecule has 0 aliphatic heterocycles. The third kappa shape index (κ3) is 4.24. The molecule has 3 N–H and O–H groups in total. The lowest BCUT2D eigenvalue weighted by Crippen LogP contribution is -2.25. The van der Waals surface area contributed by atoms with E-state index in [0.717, 1.165) is 15.8 Å². The lowest BCUT2D eigenvalue weighted by atomic mass is 10.1. The lowest BCUT2D eigenvalue weighted by molar-refractivity contribution is 0.0954. The molecule has 0 aliphatic rings. The van der Waals surface area contributed by atoms with Crippen molar-refractivity contribution in [3.63, 3.8) is 0 Å². The summed E-state index contributed by atoms with van der Waals surface area (Å²) < 4.78 is 0.919. The summed E-state index contributed by atoms with van der Waals surface area (Å²) in [5.74, 6) is 0.778. The number of rotatable bonds is 6. The summed E-state index contributed by atoms with van der Waals surface area (Å²) in [6.45, 7) is 0.519. The van der Waals surface area contributed by atoms with Crippen molar-refractivity contribution in [2.24, 2.45) is 0 Å². The Balaban J connectivity index is 1.40. The van der Waals surface area contributed by atoms with Gasteiger partial charge in [-0.2, -0.15) is 0 Å². The molecule has 0 saturated heterocycles. The fraction of sp³-hybridized carbons (Fsp3) is 0.100. The topological polar surface area (TPSA) is 100 Å². The summed E-state index contributed by atoms with van der Waals surface area (Å²) in [4.78, 5) is 24.9. The Morgan fingerprint density at radius 1 is 1.11 bits per heavy atom. The molecule has 4 rings (SSSR count). The van der Waals surface area contributed by atoms with Crippen LogP contribution in [0.2, 0.25) is 0 Å². The van der Waals surface area contributed by atoms with Crippen LogP contribution in [0.4, 0.5) is 10.9 Å². The van der Waals surface area contributed by atoms with E-state index in [1.165, 1.54) is 17.7 Å². The Hall–Kier alpha value is -3.52. The van der Waals surface area contributed by atoms with Crippen molar-refractivity contribution in [3.05, 3.63) is 72.2 Å². The smallest absolute Gasteiger partial charge is 0.251 e. The Morgan fingerprint density at radius 2 is 1.96 bits per heavy atom. The number of phenols is 1. The number of carbonyl (C=O) groups is 1. The first-order valence-electron chi connectivity index (χ1n) is 8.67. The summed E-state index contributed by atoms with van der Waals surface area (Å²) in [5, 5.41) is 16.1. The van der Waals surface area contributed by atoms with Gasteiger partial charge in [-0.05, 0) is 48.4 Å². The van der Waals surface area contributed by atoms with Crippen molar-refractivity contribution in [3.8, 4) is 5.75 Å². The van der Waals surface area contributed by atoms with Crippen LogP contribution in [0.1, 0.15) is 15.9 Å². The number of hydrogen-bond donors (Lipinski definition) is 3. The number of aromatic nitrogens is 3. The van der Waals surface area contributed by atoms with Crippen LogP contribution in [0, 0.1) is 0 Å². The fourth-order valence-corrected chi connectivity index (χ4v) is 3.59. The van der Waals surface area contributed by atoms with Crippen LogP contribution < -0.4 is 10.6 Å². The van der Waals surface area contributed by atoms with Gasteiger partial charge in [-0.25, -0.2) is 15.0 Å². The maximum absolute atomic E-state index is 12.4. The van der Waals surface area contributed by atoms with Crippen LogP contribution in [0.15, 0.2) is 61.1 Å². The molecule has 0 saturated carbocycles. The zero-order chi connectivity index (χ0) is 19.3. The zero-order valence-electron chi connectivity index (χ0n) is 14.8. The van der Waals surface area contributed by atoms with E-state index in [1.54, 1.807) is 30.5 Å². The van der Waals surface area contributed by atoms with Gasteiger partial charge in [0.25, 0.3) is 5.91 Å². The van der Waals surface area contributed by atoms with Gasteiger partial charge in [0.1, 0.15) is 17.9 Å². The Bertz CT molecular complexity index is 1100. The van der Waals surface area contributed by atoms with E-state index >= 15 is 0 Å². The third-order valence-electron chi connectivity index (χ3n) is 4.10. The predicted molar refractivity (Wildman–Crippen MR) is 109 cm³/mol. The van der Waals surface area contributed by atoms with E-state index in [9.17, 15) is 9.90 Å². The van der Waals surface area contributed by atoms with Gasteiger partial charge in [-0.3, -0.25) is 4.79 Å². The number of anilines is 2. The van der Waals surface area contributed by atoms with E-state index in [-0.39, 0.29) is 11.7 Å². The highest BCUT2D eigenvalue weighted by Gasteiger charge is 2.10. The molecule has 0 unspecified atom stereocenters. The minimum atomic E-state index is -0.126. The number of hydrogen-bond acceptors (Lipinski definition) is 7. The Morgan fingerprint density at radius 3 is 2.75 bits per heavy atom. The van der Waals surface area contributed by atoms with Crippen molar-refractivity contribution in [2.45, 2.75) is 6.42 Å². The predicted octanol–water partition coefficient (Wildman–Crippen LogP) is 3.51. The van der Waals surface area contributed by atoms with Crippen molar-refractivity contribution in [1.29, 1.82) is 0 Å². The van der Waals surface area contributed by atoms with Gasteiger partial charge in [0.15, 0.2) is 5.13 Å². The van der Waals surface area contributed by atoms with Crippen molar-refractivity contribution < 1.29 is 9.90 Å². The Labute approximate surface area is 165 Å². The van der Waals surface area contributed by atoms with Crippen molar-refractivity contribution in [1.82, 2.24) is 20.3 Å². The number of thiazole rings is 1. The van der Waals surface area contributed by atoms with Crippen LogP contribution in [0.3, 0.4) is 0 Å². The zero-order valence-corrected chi connectivity index (χ0v) is 15.6. The van der Waals surface area contributed by atoms with E-state index in [4.69, 9.17) is 0 Å². The molecule has 0 spiro atoms. The first-order valence-corrected chi connectivity index (χ1v) is 9.49. The molecule has 2 aromatic heterocycles. The second-order valence-electron chi connectivity index (χ2n) is 6.09. The molecule has 8 heteroatoms. The summed E-state index contributed by atoms with van der Waals surface area (Å²) in [5.41, 5.74) is 2.47. The van der Waals surface area contributed by atoms with E-state index in [0.29, 0.717) is 29.5 Å². The number of phenolic OH excluding ortho intramolecular Hbond substituents is 1. The molecular weight excluding hydrogens is 374 g/mol. The van der Waals surface area contributed by atoms with E-state index in [1.807, 2.05) is 24.3 Å². The molecule has 2 heterocycles. The van der Waals surface area contributed by atoms with Crippen molar-refractivity contribution >= 4 is 38.4 Å². The monoisotopic (exact) mass is 391 g/mol. The SMILES string of the molecule is O=C(NCCc1ccc(O)cc1)c1ccc2nc(Nc3ccncn3)sc2c1. The molecule has 28 heavy (non-hydrogen) atoms.